The molecule has 0 spiro atoms. The zero-order chi connectivity index (χ0) is 16.3. The second-order valence-corrected chi connectivity index (χ2v) is 6.02. The summed E-state index contributed by atoms with van der Waals surface area (Å²) in [7, 11) is 3.32. The first-order valence-corrected chi connectivity index (χ1v) is 7.68. The predicted molar refractivity (Wildman–Crippen MR) is 84.1 cm³/mol. The lowest BCUT2D eigenvalue weighted by atomic mass is 10.1. The Balaban J connectivity index is 2.04. The summed E-state index contributed by atoms with van der Waals surface area (Å²) in [6.07, 6.45) is 0.783. The van der Waals surface area contributed by atoms with Crippen molar-refractivity contribution in [2.75, 3.05) is 14.2 Å². The second-order valence-electron chi connectivity index (χ2n) is 6.02. The molecule has 1 amide bonds. The molecule has 1 saturated carbocycles. The van der Waals surface area contributed by atoms with Gasteiger partial charge in [-0.1, -0.05) is 0 Å². The van der Waals surface area contributed by atoms with Crippen molar-refractivity contribution >= 4 is 5.91 Å². The molecule has 5 heteroatoms. The molecule has 3 atom stereocenters. The highest BCUT2D eigenvalue weighted by Gasteiger charge is 2.38. The van der Waals surface area contributed by atoms with E-state index in [0.717, 1.165) is 18.6 Å². The van der Waals surface area contributed by atoms with Crippen LogP contribution in [-0.4, -0.2) is 54.4 Å². The lowest BCUT2D eigenvalue weighted by Gasteiger charge is -2.28. The first-order chi connectivity index (χ1) is 10.4. The Morgan fingerprint density at radius 3 is 2.41 bits per heavy atom. The molecule has 1 aromatic carbocycles. The van der Waals surface area contributed by atoms with Crippen molar-refractivity contribution in [3.63, 3.8) is 0 Å². The van der Waals surface area contributed by atoms with E-state index in [4.69, 9.17) is 9.47 Å². The molecule has 0 aliphatic heterocycles. The molecule has 5 nitrogen and oxygen atoms in total. The van der Waals surface area contributed by atoms with Crippen molar-refractivity contribution in [2.45, 2.75) is 51.0 Å². The highest BCUT2D eigenvalue weighted by Crippen LogP contribution is 2.27. The van der Waals surface area contributed by atoms with Crippen LogP contribution in [0.4, 0.5) is 0 Å². The van der Waals surface area contributed by atoms with E-state index in [0.29, 0.717) is 5.56 Å². The number of hydrogen-bond donors (Lipinski definition) is 1. The van der Waals surface area contributed by atoms with E-state index >= 15 is 0 Å². The van der Waals surface area contributed by atoms with Gasteiger partial charge in [-0.25, -0.2) is 0 Å². The van der Waals surface area contributed by atoms with Crippen LogP contribution in [0.25, 0.3) is 0 Å². The Bertz CT molecular complexity index is 500. The highest BCUT2D eigenvalue weighted by molar-refractivity contribution is 5.94. The zero-order valence-electron chi connectivity index (χ0n) is 13.7. The number of nitrogens with zero attached hydrogens (tertiary/aromatic N) is 1. The Labute approximate surface area is 131 Å². The summed E-state index contributed by atoms with van der Waals surface area (Å²) in [6.45, 7) is 3.92. The molecule has 0 aromatic heterocycles. The van der Waals surface area contributed by atoms with Gasteiger partial charge in [0.25, 0.3) is 5.91 Å². The fraction of sp³-hybridized carbons (Fsp3) is 0.588. The summed E-state index contributed by atoms with van der Waals surface area (Å²) in [6, 6.07) is 6.90. The van der Waals surface area contributed by atoms with Gasteiger partial charge in [-0.15, -0.1) is 0 Å². The van der Waals surface area contributed by atoms with Crippen molar-refractivity contribution in [1.29, 1.82) is 0 Å². The number of likely N-dealkylation sites (N-methyl/N-ethyl adjacent to an activating group) is 1. The highest BCUT2D eigenvalue weighted by atomic mass is 16.5. The van der Waals surface area contributed by atoms with Crippen molar-refractivity contribution < 1.29 is 19.4 Å². The van der Waals surface area contributed by atoms with Crippen LogP contribution in [0, 0.1) is 0 Å². The molecule has 1 aliphatic rings. The van der Waals surface area contributed by atoms with Crippen LogP contribution in [0.2, 0.25) is 0 Å². The van der Waals surface area contributed by atoms with Crippen molar-refractivity contribution in [3.05, 3.63) is 29.8 Å². The monoisotopic (exact) mass is 307 g/mol. The molecule has 122 valence electrons. The normalized spacial score (nSPS) is 24.5. The van der Waals surface area contributed by atoms with Gasteiger partial charge < -0.3 is 19.5 Å². The van der Waals surface area contributed by atoms with Crippen LogP contribution in [0.15, 0.2) is 24.3 Å². The van der Waals surface area contributed by atoms with Gasteiger partial charge in [-0.2, -0.15) is 0 Å². The molecular formula is C17H25NO4. The van der Waals surface area contributed by atoms with Gasteiger partial charge in [-0.05, 0) is 51.0 Å². The van der Waals surface area contributed by atoms with Gasteiger partial charge in [-0.3, -0.25) is 4.79 Å². The van der Waals surface area contributed by atoms with E-state index in [1.807, 2.05) is 13.8 Å². The molecule has 0 heterocycles. The van der Waals surface area contributed by atoms with Crippen LogP contribution in [0.3, 0.4) is 0 Å². The van der Waals surface area contributed by atoms with Crippen molar-refractivity contribution in [3.8, 4) is 5.75 Å². The van der Waals surface area contributed by atoms with Crippen molar-refractivity contribution in [1.82, 2.24) is 4.90 Å². The quantitative estimate of drug-likeness (QED) is 0.905. The van der Waals surface area contributed by atoms with Crippen LogP contribution in [0.5, 0.6) is 5.75 Å². The van der Waals surface area contributed by atoms with E-state index in [2.05, 4.69) is 0 Å². The number of aliphatic hydroxyl groups is 1. The van der Waals surface area contributed by atoms with Crippen LogP contribution in [0.1, 0.15) is 37.0 Å². The number of ether oxygens (including phenoxy) is 2. The average Bonchev–Trinajstić information content (AvgIpc) is 2.87. The third kappa shape index (κ3) is 3.59. The summed E-state index contributed by atoms with van der Waals surface area (Å²) in [5, 5.41) is 10.2. The Hall–Kier alpha value is -1.59. The van der Waals surface area contributed by atoms with Gasteiger partial charge in [0.05, 0.1) is 18.2 Å². The molecule has 1 N–H and O–H groups in total. The first kappa shape index (κ1) is 16.8. The molecule has 0 saturated heterocycles. The molecule has 0 bridgehead atoms. The number of benzene rings is 1. The van der Waals surface area contributed by atoms with E-state index in [9.17, 15) is 9.90 Å². The molecule has 2 rings (SSSR count). The number of carbonyl (C=O) groups excluding carboxylic acids is 1. The molecule has 1 fully saturated rings. The molecule has 22 heavy (non-hydrogen) atoms. The number of carbonyl (C=O) groups is 1. The summed E-state index contributed by atoms with van der Waals surface area (Å²) < 4.78 is 10.8. The largest absolute Gasteiger partial charge is 0.491 e. The minimum Gasteiger partial charge on any atom is -0.491 e. The number of rotatable bonds is 5. The topological polar surface area (TPSA) is 59.0 Å². The van der Waals surface area contributed by atoms with E-state index < -0.39 is 6.10 Å². The van der Waals surface area contributed by atoms with Crippen molar-refractivity contribution in [2.24, 2.45) is 0 Å². The summed E-state index contributed by atoms with van der Waals surface area (Å²) in [5.74, 6) is 0.645. The average molecular weight is 307 g/mol. The summed E-state index contributed by atoms with van der Waals surface area (Å²) in [5.41, 5.74) is 0.590. The third-order valence-electron chi connectivity index (χ3n) is 4.12. The molecular weight excluding hydrogens is 282 g/mol. The molecule has 0 unspecified atom stereocenters. The third-order valence-corrected chi connectivity index (χ3v) is 4.12. The Morgan fingerprint density at radius 2 is 1.91 bits per heavy atom. The van der Waals surface area contributed by atoms with Crippen LogP contribution < -0.4 is 4.74 Å². The summed E-state index contributed by atoms with van der Waals surface area (Å²) >= 11 is 0. The standard InChI is InChI=1S/C17H25NO4/c1-11(2)22-13-7-5-12(6-8-13)17(20)18(3)14-9-10-15(21-4)16(14)19/h5-8,11,14-16,19H,9-10H2,1-4H3/t14-,15-,16-/m1/s1. The smallest absolute Gasteiger partial charge is 0.253 e. The molecule has 1 aromatic rings. The minimum absolute atomic E-state index is 0.100. The van der Waals surface area contributed by atoms with Gasteiger partial charge in [0.2, 0.25) is 0 Å². The maximum Gasteiger partial charge on any atom is 0.253 e. The summed E-state index contributed by atoms with van der Waals surface area (Å²) in [4.78, 5) is 14.2. The van der Waals surface area contributed by atoms with E-state index in [-0.39, 0.29) is 24.2 Å². The Morgan fingerprint density at radius 1 is 1.27 bits per heavy atom. The van der Waals surface area contributed by atoms with E-state index in [1.54, 1.807) is 43.3 Å². The van der Waals surface area contributed by atoms with Gasteiger partial charge in [0.15, 0.2) is 0 Å². The van der Waals surface area contributed by atoms with Gasteiger partial charge in [0.1, 0.15) is 11.9 Å². The minimum atomic E-state index is -0.637. The lowest BCUT2D eigenvalue weighted by molar-refractivity contribution is -0.0156. The first-order valence-electron chi connectivity index (χ1n) is 7.68. The van der Waals surface area contributed by atoms with Gasteiger partial charge in [0, 0.05) is 19.7 Å². The fourth-order valence-corrected chi connectivity index (χ4v) is 2.91. The molecule has 1 aliphatic carbocycles. The maximum absolute atomic E-state index is 12.5. The van der Waals surface area contributed by atoms with Crippen LogP contribution >= 0.6 is 0 Å². The lowest BCUT2D eigenvalue weighted by Crippen LogP contribution is -2.44. The molecule has 0 radical (unpaired) electrons. The number of methoxy groups -OCH3 is 1. The number of amides is 1. The SMILES string of the molecule is CO[C@@H]1CC[C@@H](N(C)C(=O)c2ccc(OC(C)C)cc2)[C@H]1O. The van der Waals surface area contributed by atoms with Gasteiger partial charge >= 0.3 is 0 Å². The maximum atomic E-state index is 12.5. The second kappa shape index (κ2) is 7.11. The van der Waals surface area contributed by atoms with E-state index in [1.165, 1.54) is 0 Å². The van der Waals surface area contributed by atoms with Crippen LogP contribution in [-0.2, 0) is 4.74 Å². The number of hydrogen-bond acceptors (Lipinski definition) is 4. The fourth-order valence-electron chi connectivity index (χ4n) is 2.91. The predicted octanol–water partition coefficient (Wildman–Crippen LogP) is 2.08. The zero-order valence-corrected chi connectivity index (χ0v) is 13.7. The number of aliphatic hydroxyl groups excluding tert-OH is 1. The Kier molecular flexibility index (Phi) is 5.42.